The molecule has 0 bridgehead atoms. The molecular weight excluding hydrogens is 224 g/mol. The highest BCUT2D eigenvalue weighted by atomic mass is 16.1. The fourth-order valence-corrected chi connectivity index (χ4v) is 2.15. The van der Waals surface area contributed by atoms with Crippen molar-refractivity contribution >= 4 is 27.7 Å². The van der Waals surface area contributed by atoms with E-state index in [1.54, 1.807) is 6.92 Å². The molecule has 0 saturated carbocycles. The van der Waals surface area contributed by atoms with Gasteiger partial charge in [-0.1, -0.05) is 18.2 Å². The first-order valence-electron chi connectivity index (χ1n) is 5.83. The second-order valence-electron chi connectivity index (χ2n) is 4.40. The zero-order valence-corrected chi connectivity index (χ0v) is 10.3. The lowest BCUT2D eigenvalue weighted by Crippen LogP contribution is -2.00. The molecule has 0 atom stereocenters. The minimum Gasteiger partial charge on any atom is -0.294 e. The second-order valence-corrected chi connectivity index (χ2v) is 4.40. The predicted molar refractivity (Wildman–Crippen MR) is 71.8 cm³/mol. The van der Waals surface area contributed by atoms with Gasteiger partial charge in [0, 0.05) is 16.6 Å². The maximum Gasteiger partial charge on any atom is 0.161 e. The fraction of sp³-hybridized carbons (Fsp3) is 0.133. The Balaban J connectivity index is 2.40. The number of hydrogen-bond acceptors (Lipinski definition) is 3. The van der Waals surface area contributed by atoms with Gasteiger partial charge >= 0.3 is 0 Å². The largest absolute Gasteiger partial charge is 0.294 e. The molecule has 0 fully saturated rings. The number of aryl methyl sites for hydroxylation is 1. The first-order chi connectivity index (χ1) is 8.65. The number of Topliss-reactive ketones (excluding diaryl/α,β-unsaturated/α-hetero) is 1. The molecule has 2 aromatic heterocycles. The first kappa shape index (κ1) is 10.8. The average molecular weight is 236 g/mol. The molecule has 0 aliphatic rings. The van der Waals surface area contributed by atoms with Crippen LogP contribution in [0.4, 0.5) is 0 Å². The molecule has 0 spiro atoms. The van der Waals surface area contributed by atoms with E-state index in [1.807, 2.05) is 43.3 Å². The van der Waals surface area contributed by atoms with E-state index in [-0.39, 0.29) is 5.78 Å². The van der Waals surface area contributed by atoms with Gasteiger partial charge in [0.15, 0.2) is 5.78 Å². The molecule has 0 amide bonds. The van der Waals surface area contributed by atoms with Crippen molar-refractivity contribution in [3.8, 4) is 0 Å². The Morgan fingerprint density at radius 3 is 2.50 bits per heavy atom. The summed E-state index contributed by atoms with van der Waals surface area (Å²) < 4.78 is 0. The molecule has 88 valence electrons. The van der Waals surface area contributed by atoms with Crippen LogP contribution in [0.15, 0.2) is 36.4 Å². The van der Waals surface area contributed by atoms with Crippen LogP contribution in [0.5, 0.6) is 0 Å². The Bertz CT molecular complexity index is 778. The van der Waals surface area contributed by atoms with Crippen molar-refractivity contribution in [3.05, 3.63) is 47.7 Å². The number of carbonyl (C=O) groups is 1. The number of aromatic nitrogens is 2. The smallest absolute Gasteiger partial charge is 0.161 e. The van der Waals surface area contributed by atoms with Gasteiger partial charge in [0.25, 0.3) is 0 Å². The van der Waals surface area contributed by atoms with Crippen LogP contribution in [0.1, 0.15) is 23.0 Å². The van der Waals surface area contributed by atoms with E-state index in [4.69, 9.17) is 0 Å². The molecule has 3 aromatic rings. The van der Waals surface area contributed by atoms with E-state index in [0.717, 1.165) is 27.6 Å². The average Bonchev–Trinajstić information content (AvgIpc) is 2.35. The molecule has 3 heteroatoms. The summed E-state index contributed by atoms with van der Waals surface area (Å²) in [6.45, 7) is 3.41. The number of benzene rings is 1. The van der Waals surface area contributed by atoms with Crippen molar-refractivity contribution < 1.29 is 4.79 Å². The summed E-state index contributed by atoms with van der Waals surface area (Å²) in [6.07, 6.45) is 0. The molecule has 0 unspecified atom stereocenters. The third-order valence-corrected chi connectivity index (χ3v) is 3.07. The third-order valence-electron chi connectivity index (χ3n) is 3.07. The molecular formula is C15H12N2O. The summed E-state index contributed by atoms with van der Waals surface area (Å²) >= 11 is 0. The molecule has 3 nitrogen and oxygen atoms in total. The van der Waals surface area contributed by atoms with Crippen LogP contribution in [0.2, 0.25) is 0 Å². The number of para-hydroxylation sites is 1. The molecule has 18 heavy (non-hydrogen) atoms. The van der Waals surface area contributed by atoms with Crippen molar-refractivity contribution in [2.75, 3.05) is 0 Å². The monoisotopic (exact) mass is 236 g/mol. The van der Waals surface area contributed by atoms with Gasteiger partial charge in [0.2, 0.25) is 0 Å². The number of rotatable bonds is 1. The summed E-state index contributed by atoms with van der Waals surface area (Å²) in [5, 5.41) is 1.06. The van der Waals surface area contributed by atoms with Crippen LogP contribution < -0.4 is 0 Å². The van der Waals surface area contributed by atoms with Gasteiger partial charge in [-0.25, -0.2) is 4.98 Å². The third kappa shape index (κ3) is 1.64. The van der Waals surface area contributed by atoms with Crippen LogP contribution in [-0.2, 0) is 0 Å². The minimum absolute atomic E-state index is 0.0249. The highest BCUT2D eigenvalue weighted by Gasteiger charge is 2.08. The summed E-state index contributed by atoms with van der Waals surface area (Å²) in [6, 6.07) is 11.7. The Labute approximate surface area is 104 Å². The fourth-order valence-electron chi connectivity index (χ4n) is 2.15. The molecule has 0 radical (unpaired) electrons. The highest BCUT2D eigenvalue weighted by Crippen LogP contribution is 2.20. The lowest BCUT2D eigenvalue weighted by molar-refractivity contribution is 0.101. The quantitative estimate of drug-likeness (QED) is 0.481. The molecule has 1 aromatic carbocycles. The summed E-state index contributed by atoms with van der Waals surface area (Å²) in [5.74, 6) is 0.0249. The Morgan fingerprint density at radius 1 is 1.00 bits per heavy atom. The normalized spacial score (nSPS) is 11.0. The van der Waals surface area contributed by atoms with Crippen LogP contribution in [0.3, 0.4) is 0 Å². The Morgan fingerprint density at radius 2 is 1.72 bits per heavy atom. The van der Waals surface area contributed by atoms with E-state index in [1.165, 1.54) is 0 Å². The van der Waals surface area contributed by atoms with Crippen molar-refractivity contribution in [2.24, 2.45) is 0 Å². The van der Waals surface area contributed by atoms with Crippen LogP contribution in [0, 0.1) is 6.92 Å². The maximum absolute atomic E-state index is 11.5. The second kappa shape index (κ2) is 3.88. The summed E-state index contributed by atoms with van der Waals surface area (Å²) in [7, 11) is 0. The number of carbonyl (C=O) groups excluding carboxylic acids is 1. The van der Waals surface area contributed by atoms with Gasteiger partial charge in [-0.15, -0.1) is 0 Å². The van der Waals surface area contributed by atoms with E-state index in [9.17, 15) is 4.79 Å². The van der Waals surface area contributed by atoms with Gasteiger partial charge in [-0.2, -0.15) is 0 Å². The molecule has 0 aliphatic heterocycles. The Hall–Kier alpha value is -2.29. The lowest BCUT2D eigenvalue weighted by Gasteiger charge is -2.05. The van der Waals surface area contributed by atoms with Gasteiger partial charge in [0.05, 0.1) is 16.6 Å². The van der Waals surface area contributed by atoms with E-state index in [0.29, 0.717) is 5.56 Å². The van der Waals surface area contributed by atoms with Gasteiger partial charge in [-0.3, -0.25) is 9.78 Å². The van der Waals surface area contributed by atoms with Crippen LogP contribution in [0.25, 0.3) is 21.9 Å². The van der Waals surface area contributed by atoms with Crippen LogP contribution >= 0.6 is 0 Å². The van der Waals surface area contributed by atoms with Crippen molar-refractivity contribution in [3.63, 3.8) is 0 Å². The molecule has 3 rings (SSSR count). The number of fused-ring (bicyclic) bond motifs is 2. The van der Waals surface area contributed by atoms with Crippen molar-refractivity contribution in [2.45, 2.75) is 13.8 Å². The zero-order valence-electron chi connectivity index (χ0n) is 10.3. The Kier molecular flexibility index (Phi) is 2.33. The number of hydrogen-bond donors (Lipinski definition) is 0. The standard InChI is InChI=1S/C15H12N2O/c1-9-12(10(2)18)8-15-14(16-9)7-11-5-3-4-6-13(11)17-15/h3-8H,1-2H3. The SMILES string of the molecule is CC(=O)c1cc2nc3ccccc3cc2nc1C. The van der Waals surface area contributed by atoms with Crippen molar-refractivity contribution in [1.29, 1.82) is 0 Å². The summed E-state index contributed by atoms with van der Waals surface area (Å²) in [5.41, 5.74) is 3.92. The highest BCUT2D eigenvalue weighted by molar-refractivity contribution is 5.99. The predicted octanol–water partition coefficient (Wildman–Crippen LogP) is 3.29. The first-order valence-corrected chi connectivity index (χ1v) is 5.83. The molecule has 0 aliphatic carbocycles. The zero-order chi connectivity index (χ0) is 12.7. The number of nitrogens with zero attached hydrogens (tertiary/aromatic N) is 2. The van der Waals surface area contributed by atoms with Crippen LogP contribution in [-0.4, -0.2) is 15.8 Å². The van der Waals surface area contributed by atoms with Gasteiger partial charge < -0.3 is 0 Å². The minimum atomic E-state index is 0.0249. The maximum atomic E-state index is 11.5. The molecule has 2 heterocycles. The lowest BCUT2D eigenvalue weighted by atomic mass is 10.1. The van der Waals surface area contributed by atoms with Gasteiger partial charge in [0.1, 0.15) is 0 Å². The number of pyridine rings is 2. The summed E-state index contributed by atoms with van der Waals surface area (Å²) in [4.78, 5) is 20.5. The number of ketones is 1. The van der Waals surface area contributed by atoms with Crippen molar-refractivity contribution in [1.82, 2.24) is 9.97 Å². The van der Waals surface area contributed by atoms with E-state index >= 15 is 0 Å². The van der Waals surface area contributed by atoms with E-state index < -0.39 is 0 Å². The van der Waals surface area contributed by atoms with E-state index in [2.05, 4.69) is 9.97 Å². The molecule has 0 N–H and O–H groups in total. The topological polar surface area (TPSA) is 42.9 Å². The van der Waals surface area contributed by atoms with Gasteiger partial charge in [-0.05, 0) is 32.0 Å². The molecule has 0 saturated heterocycles.